The average molecular weight is 357 g/mol. The van der Waals surface area contributed by atoms with Gasteiger partial charge in [0.2, 0.25) is 0 Å². The van der Waals surface area contributed by atoms with E-state index in [4.69, 9.17) is 34.8 Å². The van der Waals surface area contributed by atoms with Gasteiger partial charge in [-0.3, -0.25) is 4.98 Å². The maximum Gasteiger partial charge on any atom is 0.416 e. The molecule has 1 aromatic carbocycles. The van der Waals surface area contributed by atoms with Crippen LogP contribution in [0.5, 0.6) is 0 Å². The minimum absolute atomic E-state index is 0.0225. The molecule has 0 unspecified atom stereocenters. The SMILES string of the molecule is OCc1c(C(F)(F)F)ccnc1-c1c(Cl)ccc(Cl)c1Cl. The van der Waals surface area contributed by atoms with Crippen molar-refractivity contribution in [2.75, 3.05) is 0 Å². The van der Waals surface area contributed by atoms with Crippen LogP contribution >= 0.6 is 34.8 Å². The highest BCUT2D eigenvalue weighted by atomic mass is 35.5. The first-order chi connectivity index (χ1) is 9.77. The van der Waals surface area contributed by atoms with Crippen LogP contribution in [0.4, 0.5) is 13.2 Å². The lowest BCUT2D eigenvalue weighted by atomic mass is 10.0. The molecule has 0 saturated heterocycles. The van der Waals surface area contributed by atoms with E-state index in [2.05, 4.69) is 4.98 Å². The summed E-state index contributed by atoms with van der Waals surface area (Å²) in [6, 6.07) is 3.59. The van der Waals surface area contributed by atoms with Crippen molar-refractivity contribution in [1.29, 1.82) is 0 Å². The molecule has 0 amide bonds. The van der Waals surface area contributed by atoms with Gasteiger partial charge in [-0.15, -0.1) is 0 Å². The first kappa shape index (κ1) is 16.4. The van der Waals surface area contributed by atoms with E-state index in [1.807, 2.05) is 0 Å². The molecule has 2 rings (SSSR count). The Morgan fingerprint density at radius 3 is 2.24 bits per heavy atom. The van der Waals surface area contributed by atoms with E-state index in [0.717, 1.165) is 12.3 Å². The maximum atomic E-state index is 13.0. The van der Waals surface area contributed by atoms with Gasteiger partial charge in [0.1, 0.15) is 0 Å². The molecule has 0 aliphatic heterocycles. The van der Waals surface area contributed by atoms with Gasteiger partial charge in [-0.2, -0.15) is 13.2 Å². The van der Waals surface area contributed by atoms with Crippen LogP contribution in [0.3, 0.4) is 0 Å². The van der Waals surface area contributed by atoms with Crippen molar-refractivity contribution in [3.8, 4) is 11.3 Å². The standard InChI is InChI=1S/C13H7Cl3F3NO/c14-8-1-2-9(15)11(16)10(8)12-6(5-21)7(3-4-20-12)13(17,18)19/h1-4,21H,5H2. The Bertz CT molecular complexity index is 689. The van der Waals surface area contributed by atoms with Crippen molar-refractivity contribution in [3.63, 3.8) is 0 Å². The number of hydrogen-bond acceptors (Lipinski definition) is 2. The molecule has 2 aromatic rings. The van der Waals surface area contributed by atoms with Gasteiger partial charge in [0.15, 0.2) is 0 Å². The zero-order valence-electron chi connectivity index (χ0n) is 10.2. The third kappa shape index (κ3) is 3.11. The Morgan fingerprint density at radius 1 is 1.05 bits per heavy atom. The third-order valence-corrected chi connectivity index (χ3v) is 3.92. The van der Waals surface area contributed by atoms with E-state index in [1.54, 1.807) is 0 Å². The Hall–Kier alpha value is -1.01. The van der Waals surface area contributed by atoms with Crippen LogP contribution in [0.1, 0.15) is 11.1 Å². The number of pyridine rings is 1. The molecular weight excluding hydrogens is 350 g/mol. The Balaban J connectivity index is 2.80. The van der Waals surface area contributed by atoms with Gasteiger partial charge in [-0.05, 0) is 18.2 Å². The Labute approximate surface area is 133 Å². The van der Waals surface area contributed by atoms with Crippen LogP contribution in [-0.2, 0) is 12.8 Å². The second kappa shape index (κ2) is 6.01. The number of hydrogen-bond donors (Lipinski definition) is 1. The number of aromatic nitrogens is 1. The van der Waals surface area contributed by atoms with E-state index in [1.165, 1.54) is 12.1 Å². The fourth-order valence-corrected chi connectivity index (χ4v) is 2.58. The summed E-state index contributed by atoms with van der Waals surface area (Å²) in [5.41, 5.74) is -1.50. The van der Waals surface area contributed by atoms with Gasteiger partial charge in [0, 0.05) is 17.3 Å². The number of halogens is 6. The van der Waals surface area contributed by atoms with Crippen molar-refractivity contribution < 1.29 is 18.3 Å². The lowest BCUT2D eigenvalue weighted by Gasteiger charge is -2.16. The highest BCUT2D eigenvalue weighted by Gasteiger charge is 2.35. The predicted molar refractivity (Wildman–Crippen MR) is 75.6 cm³/mol. The van der Waals surface area contributed by atoms with E-state index in [9.17, 15) is 18.3 Å². The fraction of sp³-hybridized carbons (Fsp3) is 0.154. The summed E-state index contributed by atoms with van der Waals surface area (Å²) in [6.07, 6.45) is -3.65. The van der Waals surface area contributed by atoms with E-state index >= 15 is 0 Å². The van der Waals surface area contributed by atoms with Gasteiger partial charge in [0.25, 0.3) is 0 Å². The Kier molecular flexibility index (Phi) is 4.68. The van der Waals surface area contributed by atoms with E-state index in [0.29, 0.717) is 0 Å². The van der Waals surface area contributed by atoms with Crippen LogP contribution in [0.25, 0.3) is 11.3 Å². The maximum absolute atomic E-state index is 13.0. The highest BCUT2D eigenvalue weighted by Crippen LogP contribution is 2.42. The summed E-state index contributed by atoms with van der Waals surface area (Å²) in [7, 11) is 0. The number of alkyl halides is 3. The molecule has 112 valence electrons. The van der Waals surface area contributed by atoms with Crippen LogP contribution < -0.4 is 0 Å². The van der Waals surface area contributed by atoms with Crippen LogP contribution in [0.15, 0.2) is 24.4 Å². The normalized spacial score (nSPS) is 11.8. The minimum Gasteiger partial charge on any atom is -0.392 e. The minimum atomic E-state index is -4.63. The van der Waals surface area contributed by atoms with Crippen molar-refractivity contribution >= 4 is 34.8 Å². The molecule has 0 fully saturated rings. The molecule has 21 heavy (non-hydrogen) atoms. The number of aliphatic hydroxyl groups excluding tert-OH is 1. The first-order valence-electron chi connectivity index (χ1n) is 5.57. The lowest BCUT2D eigenvalue weighted by molar-refractivity contribution is -0.138. The molecule has 0 bridgehead atoms. The number of nitrogens with zero attached hydrogens (tertiary/aromatic N) is 1. The second-order valence-corrected chi connectivity index (χ2v) is 5.25. The lowest BCUT2D eigenvalue weighted by Crippen LogP contribution is -2.11. The van der Waals surface area contributed by atoms with Gasteiger partial charge >= 0.3 is 6.18 Å². The molecule has 0 radical (unpaired) electrons. The molecule has 1 aromatic heterocycles. The second-order valence-electron chi connectivity index (χ2n) is 4.06. The molecule has 1 N–H and O–H groups in total. The van der Waals surface area contributed by atoms with Crippen molar-refractivity contribution in [1.82, 2.24) is 4.98 Å². The summed E-state index contributed by atoms with van der Waals surface area (Å²) >= 11 is 17.9. The molecule has 1 heterocycles. The van der Waals surface area contributed by atoms with Crippen LogP contribution in [0, 0.1) is 0 Å². The molecule has 0 aliphatic carbocycles. The van der Waals surface area contributed by atoms with Crippen molar-refractivity contribution in [3.05, 3.63) is 50.6 Å². The third-order valence-electron chi connectivity index (χ3n) is 2.80. The average Bonchev–Trinajstić information content (AvgIpc) is 2.42. The zero-order chi connectivity index (χ0) is 15.8. The summed E-state index contributed by atoms with van der Waals surface area (Å²) in [6.45, 7) is -0.864. The van der Waals surface area contributed by atoms with Crippen LogP contribution in [0.2, 0.25) is 15.1 Å². The summed E-state index contributed by atoms with van der Waals surface area (Å²) in [4.78, 5) is 3.87. The molecule has 0 saturated carbocycles. The predicted octanol–water partition coefficient (Wildman–Crippen LogP) is 5.22. The number of benzene rings is 1. The Morgan fingerprint density at radius 2 is 1.67 bits per heavy atom. The number of rotatable bonds is 2. The summed E-state index contributed by atoms with van der Waals surface area (Å²) < 4.78 is 38.9. The first-order valence-corrected chi connectivity index (χ1v) is 6.70. The quantitative estimate of drug-likeness (QED) is 0.748. The van der Waals surface area contributed by atoms with Gasteiger partial charge < -0.3 is 5.11 Å². The molecule has 8 heteroatoms. The smallest absolute Gasteiger partial charge is 0.392 e. The molecule has 2 nitrogen and oxygen atoms in total. The summed E-state index contributed by atoms with van der Waals surface area (Å²) in [5, 5.41) is 9.51. The van der Waals surface area contributed by atoms with Crippen molar-refractivity contribution in [2.24, 2.45) is 0 Å². The van der Waals surface area contributed by atoms with E-state index < -0.39 is 23.9 Å². The highest BCUT2D eigenvalue weighted by molar-refractivity contribution is 6.46. The van der Waals surface area contributed by atoms with Gasteiger partial charge in [0.05, 0.1) is 32.9 Å². The fourth-order valence-electron chi connectivity index (χ4n) is 1.88. The molecule has 0 aliphatic rings. The number of aliphatic hydroxyl groups is 1. The zero-order valence-corrected chi connectivity index (χ0v) is 12.4. The monoisotopic (exact) mass is 355 g/mol. The molecular formula is C13H7Cl3F3NO. The summed E-state index contributed by atoms with van der Waals surface area (Å²) in [5.74, 6) is 0. The topological polar surface area (TPSA) is 33.1 Å². The van der Waals surface area contributed by atoms with E-state index in [-0.39, 0.29) is 26.3 Å². The molecule has 0 spiro atoms. The largest absolute Gasteiger partial charge is 0.416 e. The molecule has 0 atom stereocenters. The van der Waals surface area contributed by atoms with Gasteiger partial charge in [-0.25, -0.2) is 0 Å². The van der Waals surface area contributed by atoms with Crippen molar-refractivity contribution in [2.45, 2.75) is 12.8 Å². The van der Waals surface area contributed by atoms with Crippen LogP contribution in [-0.4, -0.2) is 10.1 Å². The van der Waals surface area contributed by atoms with Gasteiger partial charge in [-0.1, -0.05) is 34.8 Å².